The molecule has 0 N–H and O–H groups in total. The normalized spacial score (nSPS) is 45.1. The van der Waals surface area contributed by atoms with Gasteiger partial charge in [0, 0.05) is 18.1 Å². The molecule has 0 aliphatic heterocycles. The summed E-state index contributed by atoms with van der Waals surface area (Å²) >= 11 is 0. The number of non-ortho nitro benzene ring substituents is 1. The van der Waals surface area contributed by atoms with Crippen molar-refractivity contribution in [3.8, 4) is 0 Å². The molecule has 1 aromatic rings. The van der Waals surface area contributed by atoms with E-state index in [2.05, 4.69) is 12.2 Å². The van der Waals surface area contributed by atoms with Gasteiger partial charge in [-0.05, 0) is 47.3 Å². The molecule has 7 atom stereocenters. The molecule has 5 rings (SSSR count). The highest BCUT2D eigenvalue weighted by molar-refractivity contribution is 5.36. The van der Waals surface area contributed by atoms with Crippen molar-refractivity contribution in [1.29, 1.82) is 0 Å². The summed E-state index contributed by atoms with van der Waals surface area (Å²) in [5, 5.41) is 10.6. The van der Waals surface area contributed by atoms with Crippen LogP contribution in [0.3, 0.4) is 0 Å². The summed E-state index contributed by atoms with van der Waals surface area (Å²) in [4.78, 5) is 10.3. The fourth-order valence-electron chi connectivity index (χ4n) is 5.09. The smallest absolute Gasteiger partial charge is 0.269 e. The minimum Gasteiger partial charge on any atom is -0.373 e. The highest BCUT2D eigenvalue weighted by atomic mass is 16.6. The van der Waals surface area contributed by atoms with Gasteiger partial charge in [0.15, 0.2) is 0 Å². The van der Waals surface area contributed by atoms with Crippen molar-refractivity contribution in [2.75, 3.05) is 0 Å². The minimum atomic E-state index is -0.368. The Hall–Kier alpha value is -1.68. The van der Waals surface area contributed by atoms with Crippen LogP contribution in [0.1, 0.15) is 5.56 Å². The van der Waals surface area contributed by atoms with Crippen molar-refractivity contribution in [3.05, 3.63) is 52.1 Å². The number of rotatable bonds is 4. The van der Waals surface area contributed by atoms with Gasteiger partial charge in [-0.3, -0.25) is 10.1 Å². The Morgan fingerprint density at radius 3 is 2.50 bits per heavy atom. The lowest BCUT2D eigenvalue weighted by molar-refractivity contribution is -0.384. The monoisotopic (exact) mass is 269 g/mol. The molecule has 102 valence electrons. The molecule has 0 radical (unpaired) electrons. The first kappa shape index (κ1) is 11.0. The standard InChI is InChI=1S/C16H15NO3/c18-17(19)9-3-1-8(2-4-9)7-20-16-11-6-5-10-12(11)14-13(10)15(14)16/h1-6,10-16H,7H2/t10-,11+,12+,13-,14-,15-,16+/m0/s1. The van der Waals surface area contributed by atoms with E-state index in [4.69, 9.17) is 4.74 Å². The number of hydrogen-bond donors (Lipinski definition) is 0. The number of allylic oxidation sites excluding steroid dienone is 1. The van der Waals surface area contributed by atoms with Crippen LogP contribution in [0.4, 0.5) is 5.69 Å². The second-order valence-corrected chi connectivity index (χ2v) is 6.55. The first-order valence-electron chi connectivity index (χ1n) is 7.29. The van der Waals surface area contributed by atoms with Crippen molar-refractivity contribution in [3.63, 3.8) is 0 Å². The largest absolute Gasteiger partial charge is 0.373 e. The van der Waals surface area contributed by atoms with E-state index in [-0.39, 0.29) is 10.6 Å². The quantitative estimate of drug-likeness (QED) is 0.480. The average molecular weight is 269 g/mol. The summed E-state index contributed by atoms with van der Waals surface area (Å²) in [7, 11) is 0. The zero-order valence-corrected chi connectivity index (χ0v) is 10.9. The van der Waals surface area contributed by atoms with Crippen LogP contribution in [0.5, 0.6) is 0 Å². The van der Waals surface area contributed by atoms with Crippen molar-refractivity contribution in [1.82, 2.24) is 0 Å². The van der Waals surface area contributed by atoms with E-state index in [1.807, 2.05) is 0 Å². The Morgan fingerprint density at radius 1 is 1.00 bits per heavy atom. The van der Waals surface area contributed by atoms with Crippen LogP contribution in [0, 0.1) is 45.6 Å². The molecule has 0 heterocycles. The van der Waals surface area contributed by atoms with Gasteiger partial charge in [0.2, 0.25) is 0 Å². The number of benzene rings is 1. The number of nitro groups is 1. The van der Waals surface area contributed by atoms with E-state index in [1.54, 1.807) is 24.3 Å². The minimum absolute atomic E-state index is 0.139. The number of ether oxygens (including phenoxy) is 1. The first-order chi connectivity index (χ1) is 9.75. The molecule has 0 bridgehead atoms. The van der Waals surface area contributed by atoms with Crippen LogP contribution in [-0.4, -0.2) is 11.0 Å². The predicted octanol–water partition coefficient (Wildman–Crippen LogP) is 2.79. The van der Waals surface area contributed by atoms with Crippen molar-refractivity contribution in [2.45, 2.75) is 12.7 Å². The third-order valence-electron chi connectivity index (χ3n) is 5.87. The van der Waals surface area contributed by atoms with Crippen LogP contribution < -0.4 is 0 Å². The van der Waals surface area contributed by atoms with E-state index in [9.17, 15) is 10.1 Å². The maximum atomic E-state index is 10.6. The Bertz CT molecular complexity index is 623. The summed E-state index contributed by atoms with van der Waals surface area (Å²) in [5.74, 6) is 5.04. The van der Waals surface area contributed by atoms with E-state index < -0.39 is 0 Å². The maximum absolute atomic E-state index is 10.6. The second kappa shape index (κ2) is 3.50. The second-order valence-electron chi connectivity index (χ2n) is 6.55. The summed E-state index contributed by atoms with van der Waals surface area (Å²) in [6.07, 6.45) is 5.17. The summed E-state index contributed by atoms with van der Waals surface area (Å²) in [6.45, 7) is 0.570. The van der Waals surface area contributed by atoms with E-state index >= 15 is 0 Å². The van der Waals surface area contributed by atoms with Crippen LogP contribution in [0.25, 0.3) is 0 Å². The van der Waals surface area contributed by atoms with Gasteiger partial charge in [0.1, 0.15) is 0 Å². The predicted molar refractivity (Wildman–Crippen MR) is 71.8 cm³/mol. The Balaban J connectivity index is 1.28. The van der Waals surface area contributed by atoms with Crippen molar-refractivity contribution < 1.29 is 9.66 Å². The molecule has 0 unspecified atom stereocenters. The molecule has 1 aromatic carbocycles. The molecule has 4 nitrogen and oxygen atoms in total. The number of hydrogen-bond acceptors (Lipinski definition) is 3. The summed E-state index contributed by atoms with van der Waals surface area (Å²) in [5.41, 5.74) is 1.16. The molecule has 0 amide bonds. The number of nitro benzene ring substituents is 1. The number of fused-ring (bicyclic) bond motifs is 2. The van der Waals surface area contributed by atoms with Gasteiger partial charge < -0.3 is 4.74 Å². The Kier molecular flexibility index (Phi) is 1.93. The van der Waals surface area contributed by atoms with Crippen LogP contribution in [-0.2, 0) is 11.3 Å². The molecule has 0 spiro atoms. The van der Waals surface area contributed by atoms with E-state index in [0.717, 1.165) is 35.2 Å². The van der Waals surface area contributed by atoms with Crippen molar-refractivity contribution in [2.24, 2.45) is 35.5 Å². The molecule has 0 saturated heterocycles. The molecule has 4 aliphatic carbocycles. The van der Waals surface area contributed by atoms with Gasteiger partial charge in [-0.15, -0.1) is 0 Å². The highest BCUT2D eigenvalue weighted by Gasteiger charge is 2.79. The first-order valence-corrected chi connectivity index (χ1v) is 7.29. The average Bonchev–Trinajstić information content (AvgIpc) is 2.86. The molecule has 4 aliphatic rings. The molecular formula is C16H15NO3. The van der Waals surface area contributed by atoms with E-state index in [1.165, 1.54) is 0 Å². The Labute approximate surface area is 116 Å². The summed E-state index contributed by atoms with van der Waals surface area (Å²) in [6, 6.07) is 6.70. The Morgan fingerprint density at radius 2 is 1.75 bits per heavy atom. The van der Waals surface area contributed by atoms with Gasteiger partial charge in [0.25, 0.3) is 5.69 Å². The van der Waals surface area contributed by atoms with Crippen LogP contribution in [0.2, 0.25) is 0 Å². The van der Waals surface area contributed by atoms with Crippen molar-refractivity contribution >= 4 is 5.69 Å². The van der Waals surface area contributed by atoms with Gasteiger partial charge in [0.05, 0.1) is 17.6 Å². The molecule has 20 heavy (non-hydrogen) atoms. The van der Waals surface area contributed by atoms with E-state index in [0.29, 0.717) is 18.6 Å². The molecular weight excluding hydrogens is 254 g/mol. The van der Waals surface area contributed by atoms with Gasteiger partial charge in [-0.1, -0.05) is 12.2 Å². The lowest BCUT2D eigenvalue weighted by atomic mass is 9.70. The molecule has 4 heteroatoms. The molecule has 0 aromatic heterocycles. The fourth-order valence-corrected chi connectivity index (χ4v) is 5.09. The van der Waals surface area contributed by atoms with Gasteiger partial charge in [-0.25, -0.2) is 0 Å². The fraction of sp³-hybridized carbons (Fsp3) is 0.500. The zero-order valence-electron chi connectivity index (χ0n) is 10.9. The third kappa shape index (κ3) is 1.21. The molecule has 3 fully saturated rings. The molecule has 3 saturated carbocycles. The topological polar surface area (TPSA) is 52.4 Å². The number of nitrogens with zero attached hydrogens (tertiary/aromatic N) is 1. The lowest BCUT2D eigenvalue weighted by Crippen LogP contribution is -2.36. The summed E-state index contributed by atoms with van der Waals surface area (Å²) < 4.78 is 6.15. The van der Waals surface area contributed by atoms with Crippen LogP contribution in [0.15, 0.2) is 36.4 Å². The highest BCUT2D eigenvalue weighted by Crippen LogP contribution is 2.80. The zero-order chi connectivity index (χ0) is 13.4. The third-order valence-corrected chi connectivity index (χ3v) is 5.87. The van der Waals surface area contributed by atoms with Gasteiger partial charge >= 0.3 is 0 Å². The SMILES string of the molecule is O=[N+]([O-])c1ccc(CO[C@@H]2[C@@H]3C=C[C@H]4[C@H]3[C@H]3[C@H]4[C@H]23)cc1. The van der Waals surface area contributed by atoms with Gasteiger partial charge in [-0.2, -0.15) is 0 Å². The lowest BCUT2D eigenvalue weighted by Gasteiger charge is -2.36. The van der Waals surface area contributed by atoms with Crippen LogP contribution >= 0.6 is 0 Å². The maximum Gasteiger partial charge on any atom is 0.269 e.